The van der Waals surface area contributed by atoms with Gasteiger partial charge in [-0.2, -0.15) is 0 Å². The lowest BCUT2D eigenvalue weighted by Gasteiger charge is -2.30. The van der Waals surface area contributed by atoms with Crippen LogP contribution in [-0.4, -0.2) is 47.2 Å². The molecule has 0 radical (unpaired) electrons. The fourth-order valence-electron chi connectivity index (χ4n) is 3.69. The van der Waals surface area contributed by atoms with E-state index < -0.39 is 11.6 Å². The second-order valence-electron chi connectivity index (χ2n) is 6.98. The van der Waals surface area contributed by atoms with E-state index in [-0.39, 0.29) is 0 Å². The molecule has 1 atom stereocenters. The first-order chi connectivity index (χ1) is 12.6. The topological polar surface area (TPSA) is 41.5 Å². The monoisotopic (exact) mass is 360 g/mol. The summed E-state index contributed by atoms with van der Waals surface area (Å²) >= 11 is 0. The van der Waals surface area contributed by atoms with E-state index in [1.54, 1.807) is 13.2 Å². The Hall–Kier alpha value is -2.28. The molecule has 2 aliphatic rings. The molecule has 2 fully saturated rings. The van der Waals surface area contributed by atoms with Crippen molar-refractivity contribution in [3.8, 4) is 5.88 Å². The van der Waals surface area contributed by atoms with Gasteiger partial charge in [-0.25, -0.2) is 18.7 Å². The number of ether oxygens (including phenoxy) is 1. The van der Waals surface area contributed by atoms with Crippen LogP contribution in [0.1, 0.15) is 24.8 Å². The van der Waals surface area contributed by atoms with E-state index in [9.17, 15) is 8.78 Å². The molecule has 26 heavy (non-hydrogen) atoms. The highest BCUT2D eigenvalue weighted by Gasteiger charge is 2.38. The van der Waals surface area contributed by atoms with Gasteiger partial charge in [0.1, 0.15) is 12.1 Å². The number of nitrogens with zero attached hydrogens (tertiary/aromatic N) is 4. The molecule has 5 nitrogen and oxygen atoms in total. The molecule has 4 rings (SSSR count). The number of benzene rings is 1. The summed E-state index contributed by atoms with van der Waals surface area (Å²) in [6.07, 6.45) is 4.90. The van der Waals surface area contributed by atoms with Crippen LogP contribution in [0.15, 0.2) is 30.6 Å². The Bertz CT molecular complexity index is 784. The average molecular weight is 360 g/mol. The van der Waals surface area contributed by atoms with E-state index >= 15 is 0 Å². The summed E-state index contributed by atoms with van der Waals surface area (Å²) in [4.78, 5) is 13.2. The fourth-order valence-corrected chi connectivity index (χ4v) is 3.69. The second-order valence-corrected chi connectivity index (χ2v) is 6.98. The van der Waals surface area contributed by atoms with Gasteiger partial charge in [0, 0.05) is 37.8 Å². The molecule has 0 spiro atoms. The molecule has 1 aliphatic carbocycles. The number of likely N-dealkylation sites (tertiary alicyclic amines) is 1. The second kappa shape index (κ2) is 7.15. The first kappa shape index (κ1) is 17.1. The molecule has 0 bridgehead atoms. The van der Waals surface area contributed by atoms with Crippen LogP contribution < -0.4 is 9.64 Å². The van der Waals surface area contributed by atoms with Crippen molar-refractivity contribution in [1.82, 2.24) is 14.9 Å². The fraction of sp³-hybridized carbons (Fsp3) is 0.474. The van der Waals surface area contributed by atoms with Gasteiger partial charge in [-0.3, -0.25) is 4.90 Å². The highest BCUT2D eigenvalue weighted by molar-refractivity contribution is 5.45. The number of halogens is 2. The lowest BCUT2D eigenvalue weighted by atomic mass is 10.2. The van der Waals surface area contributed by atoms with E-state index in [2.05, 4.69) is 19.8 Å². The maximum atomic E-state index is 13.4. The van der Waals surface area contributed by atoms with Gasteiger partial charge in [-0.05, 0) is 37.0 Å². The van der Waals surface area contributed by atoms with Crippen LogP contribution >= 0.6 is 0 Å². The summed E-state index contributed by atoms with van der Waals surface area (Å²) in [6.45, 7) is 2.43. The lowest BCUT2D eigenvalue weighted by Crippen LogP contribution is -2.39. The zero-order valence-corrected chi connectivity index (χ0v) is 14.7. The van der Waals surface area contributed by atoms with Crippen LogP contribution in [0, 0.1) is 11.6 Å². The Morgan fingerprint density at radius 3 is 2.69 bits per heavy atom. The predicted octanol–water partition coefficient (Wildman–Crippen LogP) is 3.01. The SMILES string of the molecule is COc1cc(N(C2CC2)C2CCN(Cc3ccc(F)c(F)c3)C2)ncn1. The van der Waals surface area contributed by atoms with Gasteiger partial charge in [0.05, 0.1) is 7.11 Å². The van der Waals surface area contributed by atoms with E-state index in [1.807, 2.05) is 6.07 Å². The molecular formula is C19H22F2N4O. The maximum Gasteiger partial charge on any atom is 0.218 e. The number of hydrogen-bond donors (Lipinski definition) is 0. The van der Waals surface area contributed by atoms with Gasteiger partial charge < -0.3 is 9.64 Å². The van der Waals surface area contributed by atoms with Gasteiger partial charge in [0.15, 0.2) is 11.6 Å². The number of anilines is 1. The van der Waals surface area contributed by atoms with Crippen LogP contribution in [0.4, 0.5) is 14.6 Å². The van der Waals surface area contributed by atoms with Crippen molar-refractivity contribution in [3.63, 3.8) is 0 Å². The van der Waals surface area contributed by atoms with Gasteiger partial charge in [-0.15, -0.1) is 0 Å². The lowest BCUT2D eigenvalue weighted by molar-refractivity contribution is 0.323. The summed E-state index contributed by atoms with van der Waals surface area (Å²) in [7, 11) is 1.60. The molecule has 1 aromatic heterocycles. The summed E-state index contributed by atoms with van der Waals surface area (Å²) in [6, 6.07) is 6.89. The van der Waals surface area contributed by atoms with Crippen molar-refractivity contribution < 1.29 is 13.5 Å². The molecule has 2 heterocycles. The third kappa shape index (κ3) is 3.62. The zero-order valence-electron chi connectivity index (χ0n) is 14.7. The first-order valence-corrected chi connectivity index (χ1v) is 8.94. The molecule has 1 saturated heterocycles. The molecule has 1 aliphatic heterocycles. The number of rotatable bonds is 6. The zero-order chi connectivity index (χ0) is 18.1. The summed E-state index contributed by atoms with van der Waals surface area (Å²) in [5, 5.41) is 0. The van der Waals surface area contributed by atoms with Crippen molar-refractivity contribution in [1.29, 1.82) is 0 Å². The molecule has 7 heteroatoms. The van der Waals surface area contributed by atoms with E-state index in [0.29, 0.717) is 24.5 Å². The van der Waals surface area contributed by atoms with Gasteiger partial charge in [-0.1, -0.05) is 6.07 Å². The highest BCUT2D eigenvalue weighted by Crippen LogP contribution is 2.35. The Morgan fingerprint density at radius 1 is 1.12 bits per heavy atom. The van der Waals surface area contributed by atoms with Crippen LogP contribution in [0.5, 0.6) is 5.88 Å². The molecule has 1 unspecified atom stereocenters. The van der Waals surface area contributed by atoms with Crippen molar-refractivity contribution in [2.75, 3.05) is 25.1 Å². The minimum absolute atomic E-state index is 0.354. The Morgan fingerprint density at radius 2 is 1.96 bits per heavy atom. The standard InChI is InChI=1S/C19H22F2N4O/c1-26-19-9-18(22-12-23-19)25(14-3-4-14)15-6-7-24(11-15)10-13-2-5-16(20)17(21)8-13/h2,5,8-9,12,14-15H,3-4,6-7,10-11H2,1H3. The van der Waals surface area contributed by atoms with Gasteiger partial charge >= 0.3 is 0 Å². The van der Waals surface area contributed by atoms with Crippen molar-refractivity contribution in [2.24, 2.45) is 0 Å². The van der Waals surface area contributed by atoms with Crippen LogP contribution in [0.3, 0.4) is 0 Å². The van der Waals surface area contributed by atoms with Gasteiger partial charge in [0.25, 0.3) is 0 Å². The van der Waals surface area contributed by atoms with E-state index in [1.165, 1.54) is 31.3 Å². The predicted molar refractivity (Wildman–Crippen MR) is 94.1 cm³/mol. The normalized spacial score (nSPS) is 20.3. The third-order valence-electron chi connectivity index (χ3n) is 5.07. The van der Waals surface area contributed by atoms with Crippen molar-refractivity contribution in [2.45, 2.75) is 37.9 Å². The molecule has 138 valence electrons. The third-order valence-corrected chi connectivity index (χ3v) is 5.07. The van der Waals surface area contributed by atoms with Crippen molar-refractivity contribution >= 4 is 5.82 Å². The van der Waals surface area contributed by atoms with Crippen LogP contribution in [0.25, 0.3) is 0 Å². The largest absolute Gasteiger partial charge is 0.481 e. The average Bonchev–Trinajstić information content (AvgIpc) is 3.38. The van der Waals surface area contributed by atoms with E-state index in [0.717, 1.165) is 30.9 Å². The Kier molecular flexibility index (Phi) is 4.72. The molecule has 0 N–H and O–H groups in total. The van der Waals surface area contributed by atoms with Crippen molar-refractivity contribution in [3.05, 3.63) is 47.8 Å². The minimum atomic E-state index is -0.800. The number of aromatic nitrogens is 2. The molecule has 2 aromatic rings. The van der Waals surface area contributed by atoms with Gasteiger partial charge in [0.2, 0.25) is 5.88 Å². The minimum Gasteiger partial charge on any atom is -0.481 e. The molecular weight excluding hydrogens is 338 g/mol. The molecule has 0 amide bonds. The quantitative estimate of drug-likeness (QED) is 0.792. The first-order valence-electron chi connectivity index (χ1n) is 8.94. The Balaban J connectivity index is 1.46. The summed E-state index contributed by atoms with van der Waals surface area (Å²) in [5.74, 6) is -0.118. The van der Waals surface area contributed by atoms with Crippen LogP contribution in [-0.2, 0) is 6.54 Å². The maximum absolute atomic E-state index is 13.4. The molecule has 1 aromatic carbocycles. The highest BCUT2D eigenvalue weighted by atomic mass is 19.2. The smallest absolute Gasteiger partial charge is 0.218 e. The Labute approximate surface area is 151 Å². The molecule has 1 saturated carbocycles. The number of methoxy groups -OCH3 is 1. The number of hydrogen-bond acceptors (Lipinski definition) is 5. The summed E-state index contributed by atoms with van der Waals surface area (Å²) in [5.41, 5.74) is 0.797. The summed E-state index contributed by atoms with van der Waals surface area (Å²) < 4.78 is 31.8. The van der Waals surface area contributed by atoms with Crippen LogP contribution in [0.2, 0.25) is 0 Å². The van der Waals surface area contributed by atoms with E-state index in [4.69, 9.17) is 4.74 Å².